The molecule has 1 aliphatic heterocycles. The summed E-state index contributed by atoms with van der Waals surface area (Å²) in [7, 11) is 0. The van der Waals surface area contributed by atoms with Gasteiger partial charge in [-0.3, -0.25) is 4.79 Å². The Kier molecular flexibility index (Phi) is 4.37. The zero-order chi connectivity index (χ0) is 13.0. The first kappa shape index (κ1) is 13.1. The quantitative estimate of drug-likeness (QED) is 0.821. The Hall–Kier alpha value is -1.35. The Balaban J connectivity index is 1.84. The van der Waals surface area contributed by atoms with Crippen LogP contribution in [0.2, 0.25) is 0 Å². The summed E-state index contributed by atoms with van der Waals surface area (Å²) in [4.78, 5) is 13.2. The molecule has 3 heteroatoms. The minimum absolute atomic E-state index is 0.152. The van der Waals surface area contributed by atoms with Gasteiger partial charge in [-0.15, -0.1) is 0 Å². The van der Waals surface area contributed by atoms with Crippen molar-refractivity contribution in [3.63, 3.8) is 0 Å². The van der Waals surface area contributed by atoms with Crippen LogP contribution in [0.25, 0.3) is 0 Å². The number of hydrogen-bond donors (Lipinski definition) is 0. The fraction of sp³-hybridized carbons (Fsp3) is 0.533. The van der Waals surface area contributed by atoms with Gasteiger partial charge in [-0.05, 0) is 25.3 Å². The van der Waals surface area contributed by atoms with Crippen molar-refractivity contribution in [3.8, 4) is 0 Å². The van der Waals surface area contributed by atoms with Crippen LogP contribution in [0, 0.1) is 6.92 Å². The van der Waals surface area contributed by atoms with E-state index in [0.717, 1.165) is 25.9 Å². The molecule has 0 N–H and O–H groups in total. The van der Waals surface area contributed by atoms with Crippen molar-refractivity contribution in [1.29, 1.82) is 0 Å². The van der Waals surface area contributed by atoms with E-state index in [1.54, 1.807) is 6.92 Å². The second-order valence-corrected chi connectivity index (χ2v) is 5.03. The van der Waals surface area contributed by atoms with Crippen LogP contribution in [0.3, 0.4) is 0 Å². The highest BCUT2D eigenvalue weighted by atomic mass is 16.5. The van der Waals surface area contributed by atoms with E-state index in [-0.39, 0.29) is 12.0 Å². The first-order chi connectivity index (χ1) is 8.65. The van der Waals surface area contributed by atoms with Crippen LogP contribution in [0.15, 0.2) is 24.3 Å². The van der Waals surface area contributed by atoms with Gasteiger partial charge in [0.2, 0.25) is 5.91 Å². The van der Waals surface area contributed by atoms with Crippen molar-refractivity contribution in [2.45, 2.75) is 39.4 Å². The molecule has 98 valence electrons. The van der Waals surface area contributed by atoms with E-state index in [4.69, 9.17) is 4.74 Å². The Morgan fingerprint density at radius 1 is 1.50 bits per heavy atom. The first-order valence-electron chi connectivity index (χ1n) is 6.58. The number of hydrogen-bond acceptors (Lipinski definition) is 2. The third-order valence-electron chi connectivity index (χ3n) is 3.39. The topological polar surface area (TPSA) is 29.5 Å². The van der Waals surface area contributed by atoms with E-state index in [9.17, 15) is 4.79 Å². The smallest absolute Gasteiger partial charge is 0.219 e. The lowest BCUT2D eigenvalue weighted by Gasteiger charge is -2.32. The molecule has 1 aliphatic rings. The fourth-order valence-electron chi connectivity index (χ4n) is 2.38. The Morgan fingerprint density at radius 2 is 2.33 bits per heavy atom. The van der Waals surface area contributed by atoms with Gasteiger partial charge in [0.05, 0.1) is 12.7 Å². The van der Waals surface area contributed by atoms with Crippen LogP contribution in [-0.2, 0) is 16.1 Å². The number of nitrogens with zero attached hydrogens (tertiary/aromatic N) is 1. The highest BCUT2D eigenvalue weighted by Crippen LogP contribution is 2.15. The van der Waals surface area contributed by atoms with Gasteiger partial charge in [0.15, 0.2) is 0 Å². The summed E-state index contributed by atoms with van der Waals surface area (Å²) in [5, 5.41) is 0. The summed E-state index contributed by atoms with van der Waals surface area (Å²) in [6, 6.07) is 8.36. The van der Waals surface area contributed by atoms with Crippen LogP contribution in [-0.4, -0.2) is 30.0 Å². The van der Waals surface area contributed by atoms with Crippen molar-refractivity contribution in [1.82, 2.24) is 4.90 Å². The maximum Gasteiger partial charge on any atom is 0.219 e. The Morgan fingerprint density at radius 3 is 3.06 bits per heavy atom. The summed E-state index contributed by atoms with van der Waals surface area (Å²) >= 11 is 0. The number of aryl methyl sites for hydroxylation is 1. The third kappa shape index (κ3) is 3.57. The number of carbonyl (C=O) groups is 1. The van der Waals surface area contributed by atoms with Gasteiger partial charge in [-0.1, -0.05) is 29.8 Å². The number of benzene rings is 1. The molecule has 0 aromatic heterocycles. The van der Waals surface area contributed by atoms with Crippen molar-refractivity contribution < 1.29 is 9.53 Å². The predicted octanol–water partition coefficient (Wildman–Crippen LogP) is 2.52. The van der Waals surface area contributed by atoms with E-state index >= 15 is 0 Å². The van der Waals surface area contributed by atoms with Gasteiger partial charge in [0, 0.05) is 20.0 Å². The minimum Gasteiger partial charge on any atom is -0.372 e. The van der Waals surface area contributed by atoms with Crippen molar-refractivity contribution >= 4 is 5.91 Å². The molecule has 18 heavy (non-hydrogen) atoms. The van der Waals surface area contributed by atoms with E-state index in [0.29, 0.717) is 6.61 Å². The molecule has 0 aliphatic carbocycles. The van der Waals surface area contributed by atoms with Crippen molar-refractivity contribution in [2.24, 2.45) is 0 Å². The maximum atomic E-state index is 11.3. The monoisotopic (exact) mass is 247 g/mol. The third-order valence-corrected chi connectivity index (χ3v) is 3.39. The average Bonchev–Trinajstić information content (AvgIpc) is 2.37. The number of carbonyl (C=O) groups excluding carboxylic acids is 1. The molecule has 0 bridgehead atoms. The van der Waals surface area contributed by atoms with Crippen molar-refractivity contribution in [2.75, 3.05) is 13.1 Å². The average molecular weight is 247 g/mol. The molecule has 1 aromatic carbocycles. The van der Waals surface area contributed by atoms with Crippen LogP contribution in [0.4, 0.5) is 0 Å². The molecule has 0 saturated carbocycles. The molecular formula is C15H21NO2. The normalized spacial score (nSPS) is 19.9. The zero-order valence-electron chi connectivity index (χ0n) is 11.2. The molecule has 1 unspecified atom stereocenters. The molecule has 1 atom stereocenters. The molecule has 0 radical (unpaired) electrons. The zero-order valence-corrected chi connectivity index (χ0v) is 11.2. The van der Waals surface area contributed by atoms with Gasteiger partial charge in [-0.2, -0.15) is 0 Å². The van der Waals surface area contributed by atoms with Gasteiger partial charge >= 0.3 is 0 Å². The fourth-order valence-corrected chi connectivity index (χ4v) is 2.38. The van der Waals surface area contributed by atoms with Gasteiger partial charge < -0.3 is 9.64 Å². The first-order valence-corrected chi connectivity index (χ1v) is 6.58. The lowest BCUT2D eigenvalue weighted by molar-refractivity contribution is -0.133. The van der Waals surface area contributed by atoms with Crippen LogP contribution >= 0.6 is 0 Å². The molecule has 1 heterocycles. The molecule has 2 rings (SSSR count). The number of piperidine rings is 1. The summed E-state index contributed by atoms with van der Waals surface area (Å²) in [6.07, 6.45) is 2.27. The second kappa shape index (κ2) is 6.01. The highest BCUT2D eigenvalue weighted by molar-refractivity contribution is 5.73. The Bertz CT molecular complexity index is 417. The van der Waals surface area contributed by atoms with Gasteiger partial charge in [-0.25, -0.2) is 0 Å². The van der Waals surface area contributed by atoms with Crippen LogP contribution in [0.5, 0.6) is 0 Å². The number of amides is 1. The predicted molar refractivity (Wildman–Crippen MR) is 71.2 cm³/mol. The standard InChI is InChI=1S/C15H21NO2/c1-12-5-3-6-14(9-12)11-18-15-7-4-8-16(10-15)13(2)17/h3,5-6,9,15H,4,7-8,10-11H2,1-2H3. The van der Waals surface area contributed by atoms with E-state index in [1.807, 2.05) is 4.90 Å². The van der Waals surface area contributed by atoms with Crippen LogP contribution < -0.4 is 0 Å². The summed E-state index contributed by atoms with van der Waals surface area (Å²) in [6.45, 7) is 5.96. The van der Waals surface area contributed by atoms with E-state index in [2.05, 4.69) is 31.2 Å². The van der Waals surface area contributed by atoms with Gasteiger partial charge in [0.25, 0.3) is 0 Å². The summed E-state index contributed by atoms with van der Waals surface area (Å²) < 4.78 is 5.91. The summed E-state index contributed by atoms with van der Waals surface area (Å²) in [5.41, 5.74) is 2.46. The number of ether oxygens (including phenoxy) is 1. The Labute approximate surface area is 109 Å². The molecule has 1 fully saturated rings. The second-order valence-electron chi connectivity index (χ2n) is 5.03. The molecule has 1 saturated heterocycles. The largest absolute Gasteiger partial charge is 0.372 e. The maximum absolute atomic E-state index is 11.3. The minimum atomic E-state index is 0.152. The van der Waals surface area contributed by atoms with Gasteiger partial charge in [0.1, 0.15) is 0 Å². The lowest BCUT2D eigenvalue weighted by Crippen LogP contribution is -2.42. The lowest BCUT2D eigenvalue weighted by atomic mass is 10.1. The number of rotatable bonds is 3. The van der Waals surface area contributed by atoms with E-state index < -0.39 is 0 Å². The van der Waals surface area contributed by atoms with Crippen molar-refractivity contribution in [3.05, 3.63) is 35.4 Å². The molecule has 1 amide bonds. The number of likely N-dealkylation sites (tertiary alicyclic amines) is 1. The molecule has 3 nitrogen and oxygen atoms in total. The SMILES string of the molecule is CC(=O)N1CCCC(OCc2cccc(C)c2)C1. The summed E-state index contributed by atoms with van der Waals surface area (Å²) in [5.74, 6) is 0.152. The molecule has 0 spiro atoms. The highest BCUT2D eigenvalue weighted by Gasteiger charge is 2.21. The molecular weight excluding hydrogens is 226 g/mol. The van der Waals surface area contributed by atoms with Crippen LogP contribution in [0.1, 0.15) is 30.9 Å². The molecule has 1 aromatic rings. The van der Waals surface area contributed by atoms with E-state index in [1.165, 1.54) is 11.1 Å².